The van der Waals surface area contributed by atoms with Gasteiger partial charge in [-0.3, -0.25) is 9.59 Å². The number of nitrogens with zero attached hydrogens (tertiary/aromatic N) is 3. The molecule has 1 unspecified atom stereocenters. The standard InChI is InChI=1S/C18H24N4O4/c1-4-16-20-14-7-5-6-8-15(14)22(16)11-17(24)21(12(2)18(25)26)10-9-19-13(3)23/h5-8,12H,4,9-11H2,1-3H3,(H,19,23)(H,25,26). The number of aryl methyl sites for hydroxylation is 1. The monoisotopic (exact) mass is 360 g/mol. The van der Waals surface area contributed by atoms with Crippen LogP contribution in [-0.4, -0.2) is 56.5 Å². The molecule has 0 spiro atoms. The van der Waals surface area contributed by atoms with Gasteiger partial charge in [0, 0.05) is 26.4 Å². The highest BCUT2D eigenvalue weighted by atomic mass is 16.4. The number of aliphatic carboxylic acids is 1. The van der Waals surface area contributed by atoms with Gasteiger partial charge in [-0.15, -0.1) is 0 Å². The Labute approximate surface area is 151 Å². The summed E-state index contributed by atoms with van der Waals surface area (Å²) >= 11 is 0. The first-order chi connectivity index (χ1) is 12.3. The summed E-state index contributed by atoms with van der Waals surface area (Å²) in [4.78, 5) is 41.1. The van der Waals surface area contributed by atoms with E-state index in [1.54, 1.807) is 0 Å². The van der Waals surface area contributed by atoms with Gasteiger partial charge in [-0.2, -0.15) is 0 Å². The van der Waals surface area contributed by atoms with Crippen molar-refractivity contribution in [3.8, 4) is 0 Å². The largest absolute Gasteiger partial charge is 0.480 e. The summed E-state index contributed by atoms with van der Waals surface area (Å²) in [5.41, 5.74) is 1.63. The number of carbonyl (C=O) groups excluding carboxylic acids is 2. The van der Waals surface area contributed by atoms with Crippen LogP contribution >= 0.6 is 0 Å². The van der Waals surface area contributed by atoms with E-state index in [4.69, 9.17) is 0 Å². The van der Waals surface area contributed by atoms with E-state index in [1.165, 1.54) is 18.7 Å². The quantitative estimate of drug-likeness (QED) is 0.732. The van der Waals surface area contributed by atoms with Gasteiger partial charge in [0.2, 0.25) is 11.8 Å². The van der Waals surface area contributed by atoms with Crippen molar-refractivity contribution in [2.24, 2.45) is 0 Å². The molecule has 1 aromatic heterocycles. The van der Waals surface area contributed by atoms with E-state index in [0.29, 0.717) is 6.42 Å². The van der Waals surface area contributed by atoms with Crippen molar-refractivity contribution in [1.29, 1.82) is 0 Å². The normalized spacial score (nSPS) is 12.0. The number of hydrogen-bond acceptors (Lipinski definition) is 4. The second kappa shape index (κ2) is 8.46. The molecule has 140 valence electrons. The Bertz CT molecular complexity index is 815. The van der Waals surface area contributed by atoms with Crippen LogP contribution in [0.5, 0.6) is 0 Å². The minimum Gasteiger partial charge on any atom is -0.480 e. The maximum atomic E-state index is 12.8. The molecule has 0 fully saturated rings. The van der Waals surface area contributed by atoms with E-state index in [9.17, 15) is 19.5 Å². The molecule has 0 radical (unpaired) electrons. The maximum absolute atomic E-state index is 12.8. The molecule has 26 heavy (non-hydrogen) atoms. The van der Waals surface area contributed by atoms with E-state index in [1.807, 2.05) is 35.8 Å². The molecule has 1 heterocycles. The minimum atomic E-state index is -1.09. The number of carboxylic acids is 1. The smallest absolute Gasteiger partial charge is 0.326 e. The third kappa shape index (κ3) is 4.38. The third-order valence-corrected chi connectivity index (χ3v) is 4.22. The highest BCUT2D eigenvalue weighted by Gasteiger charge is 2.26. The first kappa shape index (κ1) is 19.4. The highest BCUT2D eigenvalue weighted by Crippen LogP contribution is 2.17. The second-order valence-electron chi connectivity index (χ2n) is 6.04. The fourth-order valence-corrected chi connectivity index (χ4v) is 2.82. The van der Waals surface area contributed by atoms with Gasteiger partial charge in [0.15, 0.2) is 0 Å². The number of fused-ring (bicyclic) bond motifs is 1. The molecular weight excluding hydrogens is 336 g/mol. The van der Waals surface area contributed by atoms with Crippen LogP contribution in [0.2, 0.25) is 0 Å². The number of rotatable bonds is 8. The van der Waals surface area contributed by atoms with Crippen LogP contribution in [0.4, 0.5) is 0 Å². The Hall–Kier alpha value is -2.90. The maximum Gasteiger partial charge on any atom is 0.326 e. The summed E-state index contributed by atoms with van der Waals surface area (Å²) in [5.74, 6) is -0.880. The molecule has 8 nitrogen and oxygen atoms in total. The summed E-state index contributed by atoms with van der Waals surface area (Å²) < 4.78 is 1.82. The molecule has 0 bridgehead atoms. The molecule has 8 heteroatoms. The van der Waals surface area contributed by atoms with Gasteiger partial charge in [0.1, 0.15) is 18.4 Å². The predicted octanol–water partition coefficient (Wildman–Crippen LogP) is 1.04. The van der Waals surface area contributed by atoms with Gasteiger partial charge >= 0.3 is 5.97 Å². The highest BCUT2D eigenvalue weighted by molar-refractivity contribution is 5.85. The topological polar surface area (TPSA) is 105 Å². The Morgan fingerprint density at radius 1 is 1.31 bits per heavy atom. The molecule has 2 N–H and O–H groups in total. The van der Waals surface area contributed by atoms with Crippen molar-refractivity contribution in [3.05, 3.63) is 30.1 Å². The molecule has 2 aromatic rings. The SMILES string of the molecule is CCc1nc2ccccc2n1CC(=O)N(CCNC(C)=O)C(C)C(=O)O. The van der Waals surface area contributed by atoms with Gasteiger partial charge in [-0.1, -0.05) is 19.1 Å². The van der Waals surface area contributed by atoms with Gasteiger partial charge in [0.25, 0.3) is 0 Å². The molecule has 0 aliphatic heterocycles. The Kier molecular flexibility index (Phi) is 6.32. The number of imidazole rings is 1. The number of para-hydroxylation sites is 2. The zero-order valence-corrected chi connectivity index (χ0v) is 15.2. The van der Waals surface area contributed by atoms with Gasteiger partial charge < -0.3 is 19.9 Å². The molecule has 0 saturated heterocycles. The summed E-state index contributed by atoms with van der Waals surface area (Å²) in [6, 6.07) is 6.53. The summed E-state index contributed by atoms with van der Waals surface area (Å²) in [5, 5.41) is 11.9. The lowest BCUT2D eigenvalue weighted by Crippen LogP contribution is -2.48. The lowest BCUT2D eigenvalue weighted by atomic mass is 10.2. The lowest BCUT2D eigenvalue weighted by Gasteiger charge is -2.27. The number of nitrogens with one attached hydrogen (secondary N) is 1. The third-order valence-electron chi connectivity index (χ3n) is 4.22. The Morgan fingerprint density at radius 3 is 2.62 bits per heavy atom. The summed E-state index contributed by atoms with van der Waals surface area (Å²) in [6.07, 6.45) is 0.655. The number of hydrogen-bond donors (Lipinski definition) is 2. The molecule has 0 aliphatic rings. The molecular formula is C18H24N4O4. The first-order valence-corrected chi connectivity index (χ1v) is 8.56. The molecule has 0 saturated carbocycles. The van der Waals surface area contributed by atoms with Crippen LogP contribution < -0.4 is 5.32 Å². The van der Waals surface area contributed by atoms with E-state index in [0.717, 1.165) is 16.9 Å². The van der Waals surface area contributed by atoms with Gasteiger partial charge in [-0.25, -0.2) is 9.78 Å². The van der Waals surface area contributed by atoms with Crippen molar-refractivity contribution in [3.63, 3.8) is 0 Å². The molecule has 2 amide bonds. The second-order valence-corrected chi connectivity index (χ2v) is 6.04. The van der Waals surface area contributed by atoms with Crippen molar-refractivity contribution in [1.82, 2.24) is 19.8 Å². The van der Waals surface area contributed by atoms with Gasteiger partial charge in [0.05, 0.1) is 11.0 Å². The molecule has 0 aliphatic carbocycles. The van der Waals surface area contributed by atoms with Gasteiger partial charge in [-0.05, 0) is 19.1 Å². The zero-order valence-electron chi connectivity index (χ0n) is 15.2. The van der Waals surface area contributed by atoms with Crippen LogP contribution in [0.25, 0.3) is 11.0 Å². The number of benzene rings is 1. The van der Waals surface area contributed by atoms with Crippen LogP contribution in [-0.2, 0) is 27.3 Å². The number of amides is 2. The molecule has 2 rings (SSSR count). The fourth-order valence-electron chi connectivity index (χ4n) is 2.82. The molecule has 1 aromatic carbocycles. The van der Waals surface area contributed by atoms with E-state index in [2.05, 4.69) is 10.3 Å². The molecule has 1 atom stereocenters. The average molecular weight is 360 g/mol. The first-order valence-electron chi connectivity index (χ1n) is 8.56. The summed E-state index contributed by atoms with van der Waals surface area (Å²) in [6.45, 7) is 5.11. The average Bonchev–Trinajstić information content (AvgIpc) is 2.95. The van der Waals surface area contributed by atoms with Crippen LogP contribution in [0.1, 0.15) is 26.6 Å². The zero-order chi connectivity index (χ0) is 19.3. The van der Waals surface area contributed by atoms with Crippen molar-refractivity contribution in [2.75, 3.05) is 13.1 Å². The number of carboxylic acid groups (broad SMARTS) is 1. The van der Waals surface area contributed by atoms with Crippen molar-refractivity contribution < 1.29 is 19.5 Å². The fraction of sp³-hybridized carbons (Fsp3) is 0.444. The van der Waals surface area contributed by atoms with Crippen LogP contribution in [0.3, 0.4) is 0 Å². The van der Waals surface area contributed by atoms with E-state index >= 15 is 0 Å². The van der Waals surface area contributed by atoms with Crippen molar-refractivity contribution in [2.45, 2.75) is 39.8 Å². The van der Waals surface area contributed by atoms with Crippen LogP contribution in [0, 0.1) is 0 Å². The van der Waals surface area contributed by atoms with Crippen molar-refractivity contribution >= 4 is 28.8 Å². The summed E-state index contributed by atoms with van der Waals surface area (Å²) in [7, 11) is 0. The number of aromatic nitrogens is 2. The van der Waals surface area contributed by atoms with E-state index < -0.39 is 12.0 Å². The number of carbonyl (C=O) groups is 3. The predicted molar refractivity (Wildman–Crippen MR) is 96.6 cm³/mol. The Morgan fingerprint density at radius 2 is 2.00 bits per heavy atom. The minimum absolute atomic E-state index is 0.00137. The lowest BCUT2D eigenvalue weighted by molar-refractivity contribution is -0.149. The van der Waals surface area contributed by atoms with Crippen LogP contribution in [0.15, 0.2) is 24.3 Å². The Balaban J connectivity index is 2.25. The van der Waals surface area contributed by atoms with E-state index in [-0.39, 0.29) is 31.4 Å².